The van der Waals surface area contributed by atoms with Gasteiger partial charge in [0.2, 0.25) is 0 Å². The number of hydrogen-bond donors (Lipinski definition) is 1. The third-order valence-electron chi connectivity index (χ3n) is 3.59. The second kappa shape index (κ2) is 3.79. The molecule has 0 saturated carbocycles. The van der Waals surface area contributed by atoms with Crippen molar-refractivity contribution in [2.45, 2.75) is 57.5 Å². The zero-order valence-electron chi connectivity index (χ0n) is 8.38. The average Bonchev–Trinajstić information content (AvgIpc) is 2.46. The molecule has 0 radical (unpaired) electrons. The van der Waals surface area contributed by atoms with Crippen molar-refractivity contribution >= 4 is 5.78 Å². The summed E-state index contributed by atoms with van der Waals surface area (Å²) in [5.41, 5.74) is 0. The molecule has 2 bridgehead atoms. The molecule has 2 heteroatoms. The molecule has 13 heavy (non-hydrogen) atoms. The molecule has 0 aromatic heterocycles. The van der Waals surface area contributed by atoms with Crippen LogP contribution in [0.15, 0.2) is 0 Å². The van der Waals surface area contributed by atoms with E-state index in [9.17, 15) is 4.79 Å². The van der Waals surface area contributed by atoms with Crippen LogP contribution in [-0.4, -0.2) is 17.9 Å². The summed E-state index contributed by atoms with van der Waals surface area (Å²) < 4.78 is 0. The smallest absolute Gasteiger partial charge is 0.137 e. The number of fused-ring (bicyclic) bond motifs is 2. The Morgan fingerprint density at radius 2 is 2.15 bits per heavy atom. The lowest BCUT2D eigenvalue weighted by molar-refractivity contribution is -0.123. The van der Waals surface area contributed by atoms with Gasteiger partial charge in [-0.15, -0.1) is 0 Å². The van der Waals surface area contributed by atoms with Crippen LogP contribution < -0.4 is 5.32 Å². The fourth-order valence-electron chi connectivity index (χ4n) is 2.83. The fourth-order valence-corrected chi connectivity index (χ4v) is 2.83. The van der Waals surface area contributed by atoms with Gasteiger partial charge >= 0.3 is 0 Å². The van der Waals surface area contributed by atoms with Crippen LogP contribution in [-0.2, 0) is 4.79 Å². The zero-order chi connectivity index (χ0) is 9.26. The summed E-state index contributed by atoms with van der Waals surface area (Å²) in [5, 5.41) is 3.60. The first-order valence-corrected chi connectivity index (χ1v) is 5.60. The molecule has 0 amide bonds. The Morgan fingerprint density at radius 1 is 1.31 bits per heavy atom. The van der Waals surface area contributed by atoms with Gasteiger partial charge in [-0.2, -0.15) is 0 Å². The fraction of sp³-hybridized carbons (Fsp3) is 0.909. The summed E-state index contributed by atoms with van der Waals surface area (Å²) in [6.45, 7) is 1.99. The Hall–Kier alpha value is -0.370. The minimum atomic E-state index is 0.331. The summed E-state index contributed by atoms with van der Waals surface area (Å²) >= 11 is 0. The number of rotatable bonds is 2. The zero-order valence-corrected chi connectivity index (χ0v) is 8.38. The van der Waals surface area contributed by atoms with Gasteiger partial charge in [0.15, 0.2) is 0 Å². The van der Waals surface area contributed by atoms with E-state index in [1.807, 2.05) is 6.92 Å². The van der Waals surface area contributed by atoms with E-state index in [-0.39, 0.29) is 0 Å². The molecule has 3 atom stereocenters. The molecular weight excluding hydrogens is 162 g/mol. The number of carbonyl (C=O) groups excluding carboxylic acids is 1. The lowest BCUT2D eigenvalue weighted by Crippen LogP contribution is -2.36. The van der Waals surface area contributed by atoms with E-state index < -0.39 is 0 Å². The van der Waals surface area contributed by atoms with Gasteiger partial charge < -0.3 is 5.32 Å². The SMILES string of the molecule is CCC(=O)C1CCCC2CCC1N2. The van der Waals surface area contributed by atoms with Crippen LogP contribution >= 0.6 is 0 Å². The van der Waals surface area contributed by atoms with Crippen LogP contribution in [0, 0.1) is 5.92 Å². The molecule has 3 unspecified atom stereocenters. The Morgan fingerprint density at radius 3 is 2.92 bits per heavy atom. The molecule has 0 spiro atoms. The highest BCUT2D eigenvalue weighted by molar-refractivity contribution is 5.81. The van der Waals surface area contributed by atoms with Crippen molar-refractivity contribution in [1.29, 1.82) is 0 Å². The predicted octanol–water partition coefficient (Wildman–Crippen LogP) is 1.89. The van der Waals surface area contributed by atoms with E-state index >= 15 is 0 Å². The number of ketones is 1. The van der Waals surface area contributed by atoms with Gasteiger partial charge in [-0.25, -0.2) is 0 Å². The number of carbonyl (C=O) groups is 1. The summed E-state index contributed by atoms with van der Waals surface area (Å²) in [6.07, 6.45) is 6.88. The lowest BCUT2D eigenvalue weighted by atomic mass is 9.86. The Balaban J connectivity index is 2.05. The van der Waals surface area contributed by atoms with Crippen LogP contribution in [0.5, 0.6) is 0 Å². The maximum Gasteiger partial charge on any atom is 0.137 e. The standard InChI is InChI=1S/C11H19NO/c1-2-11(13)9-5-3-4-8-6-7-10(9)12-8/h8-10,12H,2-7H2,1H3. The summed E-state index contributed by atoms with van der Waals surface area (Å²) in [4.78, 5) is 11.7. The third kappa shape index (κ3) is 1.78. The third-order valence-corrected chi connectivity index (χ3v) is 3.59. The van der Waals surface area contributed by atoms with Crippen LogP contribution in [0.2, 0.25) is 0 Å². The average molecular weight is 181 g/mol. The summed E-state index contributed by atoms with van der Waals surface area (Å²) in [5.74, 6) is 0.803. The maximum absolute atomic E-state index is 11.7. The normalized spacial score (nSPS) is 38.7. The molecule has 74 valence electrons. The molecular formula is C11H19NO. The molecule has 2 heterocycles. The number of nitrogens with one attached hydrogen (secondary N) is 1. The van der Waals surface area contributed by atoms with Crippen molar-refractivity contribution in [3.63, 3.8) is 0 Å². The van der Waals surface area contributed by atoms with Gasteiger partial charge in [-0.05, 0) is 25.7 Å². The van der Waals surface area contributed by atoms with Gasteiger partial charge in [0.25, 0.3) is 0 Å². The molecule has 1 N–H and O–H groups in total. The first kappa shape index (κ1) is 9.20. The predicted molar refractivity (Wildman–Crippen MR) is 52.6 cm³/mol. The van der Waals surface area contributed by atoms with Crippen LogP contribution in [0.3, 0.4) is 0 Å². The lowest BCUT2D eigenvalue weighted by Gasteiger charge is -2.20. The molecule has 0 aromatic rings. The highest BCUT2D eigenvalue weighted by Gasteiger charge is 2.35. The molecule has 2 aliphatic rings. The van der Waals surface area contributed by atoms with E-state index in [2.05, 4.69) is 5.32 Å². The maximum atomic E-state index is 11.7. The molecule has 2 aliphatic heterocycles. The first-order valence-electron chi connectivity index (χ1n) is 5.60. The monoisotopic (exact) mass is 181 g/mol. The largest absolute Gasteiger partial charge is 0.311 e. The molecule has 2 fully saturated rings. The summed E-state index contributed by atoms with van der Waals surface area (Å²) in [7, 11) is 0. The quantitative estimate of drug-likeness (QED) is 0.704. The van der Waals surface area contributed by atoms with Gasteiger partial charge in [0.05, 0.1) is 0 Å². The Labute approximate surface area is 80.1 Å². The van der Waals surface area contributed by atoms with Crippen molar-refractivity contribution in [2.75, 3.05) is 0 Å². The van der Waals surface area contributed by atoms with Crippen LogP contribution in [0.4, 0.5) is 0 Å². The van der Waals surface area contributed by atoms with Crippen molar-refractivity contribution in [3.8, 4) is 0 Å². The van der Waals surface area contributed by atoms with E-state index in [4.69, 9.17) is 0 Å². The van der Waals surface area contributed by atoms with Gasteiger partial charge in [0, 0.05) is 24.4 Å². The Bertz CT molecular complexity index is 202. The number of Topliss-reactive ketones (excluding diaryl/α,β-unsaturated/α-hetero) is 1. The molecule has 0 aliphatic carbocycles. The Kier molecular flexibility index (Phi) is 2.68. The second-order valence-electron chi connectivity index (χ2n) is 4.40. The number of hydrogen-bond acceptors (Lipinski definition) is 2. The van der Waals surface area contributed by atoms with Crippen LogP contribution in [0.25, 0.3) is 0 Å². The molecule has 2 rings (SSSR count). The molecule has 0 aromatic carbocycles. The van der Waals surface area contributed by atoms with Gasteiger partial charge in [0.1, 0.15) is 5.78 Å². The van der Waals surface area contributed by atoms with Crippen molar-refractivity contribution in [2.24, 2.45) is 5.92 Å². The van der Waals surface area contributed by atoms with Crippen molar-refractivity contribution < 1.29 is 4.79 Å². The summed E-state index contributed by atoms with van der Waals surface area (Å²) in [6, 6.07) is 1.24. The van der Waals surface area contributed by atoms with E-state index in [1.54, 1.807) is 0 Å². The van der Waals surface area contributed by atoms with Crippen molar-refractivity contribution in [3.05, 3.63) is 0 Å². The van der Waals surface area contributed by atoms with E-state index in [0.29, 0.717) is 24.2 Å². The highest BCUT2D eigenvalue weighted by atomic mass is 16.1. The molecule has 2 saturated heterocycles. The van der Waals surface area contributed by atoms with E-state index in [0.717, 1.165) is 12.5 Å². The van der Waals surface area contributed by atoms with Gasteiger partial charge in [-0.3, -0.25) is 4.79 Å². The first-order chi connectivity index (χ1) is 6.31. The highest BCUT2D eigenvalue weighted by Crippen LogP contribution is 2.30. The van der Waals surface area contributed by atoms with Crippen LogP contribution in [0.1, 0.15) is 45.4 Å². The van der Waals surface area contributed by atoms with Crippen molar-refractivity contribution in [1.82, 2.24) is 5.32 Å². The second-order valence-corrected chi connectivity index (χ2v) is 4.40. The minimum Gasteiger partial charge on any atom is -0.311 e. The minimum absolute atomic E-state index is 0.331. The topological polar surface area (TPSA) is 29.1 Å². The molecule has 2 nitrogen and oxygen atoms in total. The van der Waals surface area contributed by atoms with Gasteiger partial charge in [-0.1, -0.05) is 13.3 Å². The van der Waals surface area contributed by atoms with E-state index in [1.165, 1.54) is 25.7 Å².